The first kappa shape index (κ1) is 45.1. The van der Waals surface area contributed by atoms with E-state index in [1.54, 1.807) is 0 Å². The Bertz CT molecular complexity index is 937. The van der Waals surface area contributed by atoms with Crippen LogP contribution in [0.5, 0.6) is 0 Å². The first-order valence-corrected chi connectivity index (χ1v) is 19.1. The molecule has 0 aromatic heterocycles. The molecule has 0 bridgehead atoms. The smallest absolute Gasteiger partial charge is 0.306 e. The van der Waals surface area contributed by atoms with Crippen molar-refractivity contribution in [3.8, 4) is 0 Å². The minimum atomic E-state index is -0.799. The molecular weight excluding hydrogens is 596 g/mol. The predicted molar refractivity (Wildman–Crippen MR) is 205 cm³/mol. The quantitative estimate of drug-likeness (QED) is 0.0429. The molecule has 0 radical (unpaired) electrons. The number of carbonyl (C=O) groups is 2. The second kappa shape index (κ2) is 38.5. The molecule has 5 nitrogen and oxygen atoms in total. The van der Waals surface area contributed by atoms with E-state index in [2.05, 4.69) is 98.9 Å². The van der Waals surface area contributed by atoms with Crippen LogP contribution in [0.1, 0.15) is 155 Å². The van der Waals surface area contributed by atoms with E-state index in [9.17, 15) is 14.7 Å². The molecule has 0 aliphatic carbocycles. The van der Waals surface area contributed by atoms with Crippen LogP contribution in [0.4, 0.5) is 0 Å². The Morgan fingerprint density at radius 3 is 1.38 bits per heavy atom. The maximum atomic E-state index is 12.2. The van der Waals surface area contributed by atoms with Crippen LogP contribution >= 0.6 is 0 Å². The summed E-state index contributed by atoms with van der Waals surface area (Å²) in [5, 5.41) is 9.54. The second-order valence-electron chi connectivity index (χ2n) is 12.3. The molecule has 0 aromatic rings. The van der Waals surface area contributed by atoms with Crippen LogP contribution in [-0.4, -0.2) is 36.4 Å². The van der Waals surface area contributed by atoms with Gasteiger partial charge in [-0.3, -0.25) is 9.59 Å². The third-order valence-electron chi connectivity index (χ3n) is 7.67. The number of hydrogen-bond donors (Lipinski definition) is 1. The number of hydrogen-bond acceptors (Lipinski definition) is 5. The Labute approximate surface area is 295 Å². The molecule has 0 saturated heterocycles. The summed E-state index contributed by atoms with van der Waals surface area (Å²) in [6, 6.07) is 0. The van der Waals surface area contributed by atoms with Crippen molar-refractivity contribution in [1.82, 2.24) is 0 Å². The highest BCUT2D eigenvalue weighted by Gasteiger charge is 2.16. The highest BCUT2D eigenvalue weighted by Crippen LogP contribution is 2.10. The molecule has 272 valence electrons. The van der Waals surface area contributed by atoms with Gasteiger partial charge in [0, 0.05) is 12.8 Å². The number of unbranched alkanes of at least 4 members (excludes halogenated alkanes) is 11. The van der Waals surface area contributed by atoms with E-state index < -0.39 is 6.10 Å². The van der Waals surface area contributed by atoms with Crippen LogP contribution < -0.4 is 0 Å². The Morgan fingerprint density at radius 1 is 0.500 bits per heavy atom. The van der Waals surface area contributed by atoms with Gasteiger partial charge < -0.3 is 14.6 Å². The molecule has 1 atom stereocenters. The van der Waals surface area contributed by atoms with Gasteiger partial charge in [-0.15, -0.1) is 0 Å². The van der Waals surface area contributed by atoms with Crippen LogP contribution in [0, 0.1) is 0 Å². The molecule has 0 aliphatic rings. The van der Waals surface area contributed by atoms with E-state index in [1.165, 1.54) is 32.1 Å². The zero-order chi connectivity index (χ0) is 35.0. The molecule has 5 heteroatoms. The highest BCUT2D eigenvalue weighted by molar-refractivity contribution is 5.70. The molecule has 1 unspecified atom stereocenters. The van der Waals surface area contributed by atoms with Gasteiger partial charge in [-0.05, 0) is 89.9 Å². The van der Waals surface area contributed by atoms with E-state index in [4.69, 9.17) is 9.47 Å². The van der Waals surface area contributed by atoms with Crippen molar-refractivity contribution < 1.29 is 24.2 Å². The second-order valence-corrected chi connectivity index (χ2v) is 12.3. The van der Waals surface area contributed by atoms with Crippen LogP contribution in [0.25, 0.3) is 0 Å². The number of aliphatic hydroxyl groups is 1. The number of rotatable bonds is 33. The van der Waals surface area contributed by atoms with Crippen molar-refractivity contribution in [2.75, 3.05) is 13.2 Å². The van der Waals surface area contributed by atoms with Gasteiger partial charge in [-0.2, -0.15) is 0 Å². The summed E-state index contributed by atoms with van der Waals surface area (Å²) in [5.74, 6) is -0.654. The zero-order valence-electron chi connectivity index (χ0n) is 30.7. The van der Waals surface area contributed by atoms with Crippen LogP contribution in [-0.2, 0) is 19.1 Å². The molecule has 0 aliphatic heterocycles. The summed E-state index contributed by atoms with van der Waals surface area (Å²) in [5.41, 5.74) is 0. The third-order valence-corrected chi connectivity index (χ3v) is 7.67. The predicted octanol–water partition coefficient (Wildman–Crippen LogP) is 11.9. The minimum Gasteiger partial charge on any atom is -0.462 e. The highest BCUT2D eigenvalue weighted by atomic mass is 16.6. The lowest BCUT2D eigenvalue weighted by atomic mass is 10.1. The normalized spacial score (nSPS) is 13.1. The third kappa shape index (κ3) is 35.9. The molecule has 48 heavy (non-hydrogen) atoms. The van der Waals surface area contributed by atoms with Crippen LogP contribution in [0.15, 0.2) is 85.1 Å². The lowest BCUT2D eigenvalue weighted by molar-refractivity contribution is -0.161. The Morgan fingerprint density at radius 2 is 0.896 bits per heavy atom. The lowest BCUT2D eigenvalue weighted by Crippen LogP contribution is -2.28. The van der Waals surface area contributed by atoms with E-state index in [1.807, 2.05) is 0 Å². The number of aliphatic hydroxyl groups excluding tert-OH is 1. The topological polar surface area (TPSA) is 72.8 Å². The Kier molecular flexibility index (Phi) is 36.2. The van der Waals surface area contributed by atoms with Crippen molar-refractivity contribution >= 4 is 11.9 Å². The number of carbonyl (C=O) groups excluding carboxylic acids is 2. The largest absolute Gasteiger partial charge is 0.462 e. The summed E-state index contributed by atoms with van der Waals surface area (Å²) < 4.78 is 10.6. The molecule has 0 saturated carbocycles. The van der Waals surface area contributed by atoms with Gasteiger partial charge in [-0.25, -0.2) is 0 Å². The summed E-state index contributed by atoms with van der Waals surface area (Å²) in [6.45, 7) is 3.93. The number of allylic oxidation sites excluding steroid dienone is 14. The fraction of sp³-hybridized carbons (Fsp3) is 0.628. The monoisotopic (exact) mass is 667 g/mol. The van der Waals surface area contributed by atoms with Crippen molar-refractivity contribution in [3.63, 3.8) is 0 Å². The van der Waals surface area contributed by atoms with Crippen molar-refractivity contribution in [3.05, 3.63) is 85.1 Å². The van der Waals surface area contributed by atoms with E-state index in [0.29, 0.717) is 12.8 Å². The first-order valence-electron chi connectivity index (χ1n) is 19.1. The van der Waals surface area contributed by atoms with Crippen molar-refractivity contribution in [1.29, 1.82) is 0 Å². The van der Waals surface area contributed by atoms with E-state index in [-0.39, 0.29) is 25.2 Å². The van der Waals surface area contributed by atoms with Gasteiger partial charge in [0.15, 0.2) is 6.10 Å². The van der Waals surface area contributed by atoms with Gasteiger partial charge in [0.05, 0.1) is 6.61 Å². The molecule has 0 amide bonds. The Balaban J connectivity index is 3.70. The standard InChI is InChI=1S/C43H70O5/c1-3-5-7-9-11-13-15-17-19-20-21-22-24-26-28-30-32-34-36-38-43(46)48-41(39-44)40-47-42(45)37-35-33-31-29-27-25-23-18-16-14-12-10-8-6-4-2/h5,7,11-14,17-19,21-23,26,28,41,44H,3-4,6,8-10,15-16,20,24-25,27,29-40H2,1-2H3/b7-5-,13-11-,14-12-,19-17-,22-21-,23-18-,28-26-. The van der Waals surface area contributed by atoms with Gasteiger partial charge in [0.1, 0.15) is 6.61 Å². The maximum Gasteiger partial charge on any atom is 0.306 e. The molecule has 0 heterocycles. The summed E-state index contributed by atoms with van der Waals surface area (Å²) in [4.78, 5) is 24.2. The molecule has 0 fully saturated rings. The SMILES string of the molecule is CC/C=C\C/C=C\C/C=C\C/C=C\C/C=C\CCCCCC(=O)OC(CO)COC(=O)CCCCCCC/C=C\C/C=C\CCCCC. The van der Waals surface area contributed by atoms with Gasteiger partial charge in [0.2, 0.25) is 0 Å². The lowest BCUT2D eigenvalue weighted by Gasteiger charge is -2.15. The van der Waals surface area contributed by atoms with Crippen LogP contribution in [0.2, 0.25) is 0 Å². The minimum absolute atomic E-state index is 0.0919. The van der Waals surface area contributed by atoms with Crippen molar-refractivity contribution in [2.45, 2.75) is 161 Å². The molecule has 0 rings (SSSR count). The summed E-state index contributed by atoms with van der Waals surface area (Å²) in [7, 11) is 0. The average Bonchev–Trinajstić information content (AvgIpc) is 3.09. The fourth-order valence-electron chi connectivity index (χ4n) is 4.78. The first-order chi connectivity index (χ1) is 23.6. The van der Waals surface area contributed by atoms with E-state index in [0.717, 1.165) is 96.3 Å². The van der Waals surface area contributed by atoms with Gasteiger partial charge in [-0.1, -0.05) is 137 Å². The Hall–Kier alpha value is -2.92. The number of ether oxygens (including phenoxy) is 2. The molecular formula is C43H70O5. The summed E-state index contributed by atoms with van der Waals surface area (Å²) in [6.07, 6.45) is 52.1. The van der Waals surface area contributed by atoms with Crippen LogP contribution in [0.3, 0.4) is 0 Å². The van der Waals surface area contributed by atoms with Gasteiger partial charge >= 0.3 is 11.9 Å². The maximum absolute atomic E-state index is 12.2. The summed E-state index contributed by atoms with van der Waals surface area (Å²) >= 11 is 0. The molecule has 1 N–H and O–H groups in total. The van der Waals surface area contributed by atoms with Crippen molar-refractivity contribution in [2.24, 2.45) is 0 Å². The van der Waals surface area contributed by atoms with E-state index >= 15 is 0 Å². The zero-order valence-corrected chi connectivity index (χ0v) is 30.7. The fourth-order valence-corrected chi connectivity index (χ4v) is 4.78. The molecule has 0 aromatic carbocycles. The average molecular weight is 667 g/mol. The number of esters is 2. The molecule has 0 spiro atoms. The van der Waals surface area contributed by atoms with Gasteiger partial charge in [0.25, 0.3) is 0 Å².